The van der Waals surface area contributed by atoms with Gasteiger partial charge in [0.2, 0.25) is 0 Å². The average Bonchev–Trinajstić information content (AvgIpc) is 3.25. The summed E-state index contributed by atoms with van der Waals surface area (Å²) in [5.74, 6) is -1.21. The highest BCUT2D eigenvalue weighted by molar-refractivity contribution is 7.47. The number of rotatable bonds is 35. The average molecular weight is 917 g/mol. The number of esters is 2. The highest BCUT2D eigenvalue weighted by Crippen LogP contribution is 2.48. The maximum absolute atomic E-state index is 13.3. The van der Waals surface area contributed by atoms with Gasteiger partial charge in [-0.1, -0.05) is 142 Å². The van der Waals surface area contributed by atoms with Gasteiger partial charge in [-0.3, -0.25) is 18.6 Å². The summed E-state index contributed by atoms with van der Waals surface area (Å²) in [6.07, 6.45) is 0.739. The van der Waals surface area contributed by atoms with Gasteiger partial charge in [0.1, 0.15) is 67.6 Å². The van der Waals surface area contributed by atoms with Crippen molar-refractivity contribution in [1.29, 1.82) is 0 Å². The van der Waals surface area contributed by atoms with Gasteiger partial charge in [0, 0.05) is 12.8 Å². The van der Waals surface area contributed by atoms with Crippen molar-refractivity contribution in [2.24, 2.45) is 0 Å². The number of carbonyl (C=O) groups is 2. The van der Waals surface area contributed by atoms with Crippen LogP contribution in [0.25, 0.3) is 0 Å². The van der Waals surface area contributed by atoms with E-state index >= 15 is 0 Å². The van der Waals surface area contributed by atoms with Crippen molar-refractivity contribution in [2.75, 3.05) is 19.8 Å². The molecular weight excluding hydrogens is 835 g/mol. The first-order valence-electron chi connectivity index (χ1n) is 23.4. The van der Waals surface area contributed by atoms with E-state index in [9.17, 15) is 59.9 Å². The molecule has 2 fully saturated rings. The molecule has 1 saturated carbocycles. The second-order valence-electron chi connectivity index (χ2n) is 17.0. The molecule has 1 saturated heterocycles. The molecule has 18 nitrogen and oxygen atoms in total. The van der Waals surface area contributed by atoms with Crippen LogP contribution in [0.3, 0.4) is 0 Å². The summed E-state index contributed by atoms with van der Waals surface area (Å²) in [5, 5.41) is 82.7. The van der Waals surface area contributed by atoms with Crippen LogP contribution in [-0.4, -0.2) is 151 Å². The molecule has 0 spiro atoms. The largest absolute Gasteiger partial charge is 0.472 e. The van der Waals surface area contributed by atoms with E-state index in [1.165, 1.54) is 77.0 Å². The Labute approximate surface area is 368 Å². The summed E-state index contributed by atoms with van der Waals surface area (Å²) < 4.78 is 45.3. The molecule has 2 aliphatic rings. The van der Waals surface area contributed by atoms with E-state index in [-0.39, 0.29) is 12.8 Å². The van der Waals surface area contributed by atoms with Crippen molar-refractivity contribution >= 4 is 19.8 Å². The molecular formula is C43H81O18P. The van der Waals surface area contributed by atoms with Crippen LogP contribution in [0.2, 0.25) is 0 Å². The second kappa shape index (κ2) is 32.3. The normalized spacial score (nSPS) is 29.2. The fourth-order valence-corrected chi connectivity index (χ4v) is 8.61. The fourth-order valence-electron chi connectivity index (χ4n) is 7.64. The minimum atomic E-state index is -5.36. The van der Waals surface area contributed by atoms with E-state index in [4.69, 9.17) is 28.0 Å². The zero-order valence-electron chi connectivity index (χ0n) is 37.2. The predicted octanol–water partition coefficient (Wildman–Crippen LogP) is 3.99. The van der Waals surface area contributed by atoms with Gasteiger partial charge in [-0.05, 0) is 12.8 Å². The second-order valence-corrected chi connectivity index (χ2v) is 18.4. The number of unbranched alkanes of at least 4 members (excludes halogenated alkanes) is 20. The summed E-state index contributed by atoms with van der Waals surface area (Å²) in [6, 6.07) is 0. The third-order valence-corrected chi connectivity index (χ3v) is 12.5. The van der Waals surface area contributed by atoms with Crippen molar-refractivity contribution in [3.63, 3.8) is 0 Å². The van der Waals surface area contributed by atoms with Crippen LogP contribution in [0.1, 0.15) is 168 Å². The highest BCUT2D eigenvalue weighted by atomic mass is 31.2. The highest BCUT2D eigenvalue weighted by Gasteiger charge is 2.55. The summed E-state index contributed by atoms with van der Waals surface area (Å²) in [5.41, 5.74) is 0. The maximum atomic E-state index is 13.3. The van der Waals surface area contributed by atoms with E-state index < -0.39 is 113 Å². The van der Waals surface area contributed by atoms with Crippen LogP contribution in [-0.2, 0) is 42.1 Å². The van der Waals surface area contributed by atoms with Crippen LogP contribution in [0.15, 0.2) is 0 Å². The van der Waals surface area contributed by atoms with Gasteiger partial charge >= 0.3 is 19.8 Å². The summed E-state index contributed by atoms with van der Waals surface area (Å²) in [7, 11) is -5.36. The van der Waals surface area contributed by atoms with Crippen molar-refractivity contribution in [3.8, 4) is 0 Å². The standard InChI is InChI=1S/C43H81O18P/c1-3-5-7-9-11-13-15-17-19-21-23-25-32(45)56-28-30(58-33(46)26-24-22-20-18-16-14-12-10-8-6-4-2)29-57-62(54,55)61-42-39(52)37(50)36(49)38(51)41(42)60-43-40(53)35(48)34(47)31(27-44)59-43/h30-31,34-44,47-53H,3-29H2,1-2H3,(H,54,55). The van der Waals surface area contributed by atoms with Crippen molar-refractivity contribution < 1.29 is 87.9 Å². The van der Waals surface area contributed by atoms with Gasteiger partial charge in [-0.2, -0.15) is 0 Å². The Morgan fingerprint density at radius 1 is 0.548 bits per heavy atom. The van der Waals surface area contributed by atoms with Gasteiger partial charge in [-0.25, -0.2) is 4.57 Å². The molecule has 62 heavy (non-hydrogen) atoms. The summed E-state index contributed by atoms with van der Waals surface area (Å²) in [6.45, 7) is 2.19. The van der Waals surface area contributed by atoms with Gasteiger partial charge < -0.3 is 64.7 Å². The Bertz CT molecular complexity index is 1230. The number of carbonyl (C=O) groups excluding carboxylic acids is 2. The topological polar surface area (TPSA) is 289 Å². The lowest BCUT2D eigenvalue weighted by Crippen LogP contribution is -2.67. The quantitative estimate of drug-likeness (QED) is 0.0247. The fraction of sp³-hybridized carbons (Fsp3) is 0.953. The lowest BCUT2D eigenvalue weighted by Gasteiger charge is -2.47. The predicted molar refractivity (Wildman–Crippen MR) is 226 cm³/mol. The number of phosphoric ester groups is 1. The molecule has 0 radical (unpaired) electrons. The number of hydrogen-bond donors (Lipinski definition) is 9. The summed E-state index contributed by atoms with van der Waals surface area (Å²) in [4.78, 5) is 36.3. The minimum absolute atomic E-state index is 0.0385. The van der Waals surface area contributed by atoms with Crippen molar-refractivity contribution in [1.82, 2.24) is 0 Å². The number of phosphoric acid groups is 1. The molecule has 13 atom stereocenters. The van der Waals surface area contributed by atoms with Crippen LogP contribution < -0.4 is 0 Å². The molecule has 0 amide bonds. The number of aliphatic hydroxyl groups excluding tert-OH is 8. The molecule has 0 bridgehead atoms. The number of hydrogen-bond acceptors (Lipinski definition) is 17. The first-order chi connectivity index (χ1) is 29.7. The molecule has 19 heteroatoms. The smallest absolute Gasteiger partial charge is 0.462 e. The van der Waals surface area contributed by atoms with Gasteiger partial charge in [-0.15, -0.1) is 0 Å². The molecule has 366 valence electrons. The van der Waals surface area contributed by atoms with E-state index in [0.717, 1.165) is 51.4 Å². The van der Waals surface area contributed by atoms with Gasteiger partial charge in [0.05, 0.1) is 13.2 Å². The first-order valence-corrected chi connectivity index (χ1v) is 24.9. The molecule has 0 aromatic heterocycles. The SMILES string of the molecule is CCCCCCCCCCCCCC(=O)OCC(COP(=O)(O)OC1C(O)C(O)C(O)C(O)C1OC1OC(CO)C(O)C(O)C1O)OC(=O)CCCCCCCCCCCCC. The zero-order valence-corrected chi connectivity index (χ0v) is 38.1. The van der Waals surface area contributed by atoms with Crippen LogP contribution in [0.5, 0.6) is 0 Å². The minimum Gasteiger partial charge on any atom is -0.462 e. The van der Waals surface area contributed by atoms with Gasteiger partial charge in [0.25, 0.3) is 0 Å². The number of aliphatic hydroxyl groups is 8. The van der Waals surface area contributed by atoms with Gasteiger partial charge in [0.15, 0.2) is 12.4 Å². The molecule has 2 rings (SSSR count). The number of ether oxygens (including phenoxy) is 4. The van der Waals surface area contributed by atoms with Crippen LogP contribution >= 0.6 is 7.82 Å². The molecule has 1 heterocycles. The molecule has 0 aromatic rings. The Morgan fingerprint density at radius 2 is 0.968 bits per heavy atom. The third kappa shape index (κ3) is 21.8. The van der Waals surface area contributed by atoms with Crippen LogP contribution in [0.4, 0.5) is 0 Å². The lowest BCUT2D eigenvalue weighted by atomic mass is 9.84. The summed E-state index contributed by atoms with van der Waals surface area (Å²) >= 11 is 0. The Balaban J connectivity index is 2.00. The zero-order chi connectivity index (χ0) is 45.9. The monoisotopic (exact) mass is 917 g/mol. The third-order valence-electron chi connectivity index (χ3n) is 11.6. The Morgan fingerprint density at radius 3 is 1.44 bits per heavy atom. The van der Waals surface area contributed by atoms with Crippen molar-refractivity contribution in [2.45, 2.75) is 241 Å². The van der Waals surface area contributed by atoms with Crippen LogP contribution in [0, 0.1) is 0 Å². The van der Waals surface area contributed by atoms with E-state index in [1.807, 2.05) is 0 Å². The lowest BCUT2D eigenvalue weighted by molar-refractivity contribution is -0.338. The Hall–Kier alpha value is -1.35. The maximum Gasteiger partial charge on any atom is 0.472 e. The molecule has 1 aliphatic carbocycles. The molecule has 1 aliphatic heterocycles. The Kier molecular flexibility index (Phi) is 29.6. The first kappa shape index (κ1) is 56.8. The molecule has 13 unspecified atom stereocenters. The van der Waals surface area contributed by atoms with E-state index in [0.29, 0.717) is 12.8 Å². The molecule has 9 N–H and O–H groups in total. The van der Waals surface area contributed by atoms with Crippen molar-refractivity contribution in [3.05, 3.63) is 0 Å². The molecule has 0 aromatic carbocycles. The van der Waals surface area contributed by atoms with E-state index in [2.05, 4.69) is 13.8 Å². The van der Waals surface area contributed by atoms with E-state index in [1.54, 1.807) is 0 Å².